The number of carboxylic acids is 1. The van der Waals surface area contributed by atoms with E-state index in [1.165, 1.54) is 25.7 Å². The molecule has 1 fully saturated rings. The number of rotatable bonds is 3. The third kappa shape index (κ3) is 2.96. The maximum Gasteiger partial charge on any atom is 0.339 e. The third-order valence-electron chi connectivity index (χ3n) is 4.07. The molecule has 0 spiro atoms. The molecule has 2 aromatic heterocycles. The number of hydrogen-bond donors (Lipinski definition) is 1. The lowest BCUT2D eigenvalue weighted by Gasteiger charge is -2.14. The molecule has 1 N–H and O–H groups in total. The van der Waals surface area contributed by atoms with Gasteiger partial charge in [0, 0.05) is 12.4 Å². The van der Waals surface area contributed by atoms with Gasteiger partial charge >= 0.3 is 5.97 Å². The summed E-state index contributed by atoms with van der Waals surface area (Å²) in [7, 11) is 0. The van der Waals surface area contributed by atoms with Crippen LogP contribution < -0.4 is 0 Å². The first kappa shape index (κ1) is 13.8. The molecular formula is C16H19N3O2. The van der Waals surface area contributed by atoms with E-state index in [2.05, 4.69) is 10.1 Å². The van der Waals surface area contributed by atoms with Crippen molar-refractivity contribution in [3.05, 3.63) is 36.2 Å². The summed E-state index contributed by atoms with van der Waals surface area (Å²) in [6.45, 7) is 0. The summed E-state index contributed by atoms with van der Waals surface area (Å²) >= 11 is 0. The van der Waals surface area contributed by atoms with Gasteiger partial charge in [-0.15, -0.1) is 0 Å². The number of aromatic carboxylic acids is 1. The van der Waals surface area contributed by atoms with E-state index in [0.29, 0.717) is 17.4 Å². The Kier molecular flexibility index (Phi) is 3.99. The van der Waals surface area contributed by atoms with Crippen molar-refractivity contribution in [3.63, 3.8) is 0 Å². The fourth-order valence-corrected chi connectivity index (χ4v) is 2.95. The van der Waals surface area contributed by atoms with Gasteiger partial charge in [-0.2, -0.15) is 5.10 Å². The molecule has 5 nitrogen and oxygen atoms in total. The van der Waals surface area contributed by atoms with E-state index in [4.69, 9.17) is 0 Å². The van der Waals surface area contributed by atoms with E-state index in [1.807, 2.05) is 16.8 Å². The predicted octanol–water partition coefficient (Wildman–Crippen LogP) is 3.54. The van der Waals surface area contributed by atoms with Crippen LogP contribution in [-0.2, 0) is 0 Å². The molecule has 2 aromatic rings. The monoisotopic (exact) mass is 285 g/mol. The predicted molar refractivity (Wildman–Crippen MR) is 79.2 cm³/mol. The lowest BCUT2D eigenvalue weighted by Crippen LogP contribution is -2.08. The zero-order chi connectivity index (χ0) is 14.7. The molecule has 0 aromatic carbocycles. The maximum atomic E-state index is 11.5. The molecule has 0 unspecified atom stereocenters. The van der Waals surface area contributed by atoms with Crippen LogP contribution in [-0.4, -0.2) is 25.8 Å². The molecule has 0 amide bonds. The largest absolute Gasteiger partial charge is 0.478 e. The summed E-state index contributed by atoms with van der Waals surface area (Å²) in [6.07, 6.45) is 10.4. The van der Waals surface area contributed by atoms with Crippen molar-refractivity contribution in [2.24, 2.45) is 0 Å². The van der Waals surface area contributed by atoms with Gasteiger partial charge < -0.3 is 5.11 Å². The van der Waals surface area contributed by atoms with Crippen LogP contribution >= 0.6 is 0 Å². The molecule has 1 aliphatic carbocycles. The van der Waals surface area contributed by atoms with E-state index >= 15 is 0 Å². The second kappa shape index (κ2) is 6.08. The molecular weight excluding hydrogens is 266 g/mol. The molecule has 0 bridgehead atoms. The Morgan fingerprint density at radius 2 is 1.95 bits per heavy atom. The average Bonchev–Trinajstić information content (AvgIpc) is 2.77. The molecule has 110 valence electrons. The molecule has 0 radical (unpaired) electrons. The Bertz CT molecular complexity index is 614. The van der Waals surface area contributed by atoms with E-state index in [9.17, 15) is 9.90 Å². The van der Waals surface area contributed by atoms with E-state index in [-0.39, 0.29) is 5.56 Å². The molecule has 1 aliphatic rings. The standard InChI is InChI=1S/C16H19N3O2/c20-16(21)13-11-19(12-7-3-1-2-4-8-12)18-15(13)14-9-5-6-10-17-14/h5-6,9-12H,1-4,7-8H2,(H,20,21). The van der Waals surface area contributed by atoms with Gasteiger partial charge in [0.1, 0.15) is 11.3 Å². The van der Waals surface area contributed by atoms with Crippen molar-refractivity contribution in [2.45, 2.75) is 44.6 Å². The lowest BCUT2D eigenvalue weighted by atomic mass is 10.1. The van der Waals surface area contributed by atoms with Gasteiger partial charge in [-0.25, -0.2) is 4.79 Å². The molecule has 0 saturated heterocycles. The quantitative estimate of drug-likeness (QED) is 0.876. The van der Waals surface area contributed by atoms with E-state index in [0.717, 1.165) is 12.8 Å². The first-order valence-corrected chi connectivity index (χ1v) is 7.49. The SMILES string of the molecule is O=C(O)c1cn(C2CCCCCC2)nc1-c1ccccn1. The van der Waals surface area contributed by atoms with Crippen LogP contribution in [0.1, 0.15) is 54.9 Å². The summed E-state index contributed by atoms with van der Waals surface area (Å²) in [5.74, 6) is -0.949. The van der Waals surface area contributed by atoms with Gasteiger partial charge in [-0.05, 0) is 25.0 Å². The number of carbonyl (C=O) groups is 1. The van der Waals surface area contributed by atoms with E-state index < -0.39 is 5.97 Å². The summed E-state index contributed by atoms with van der Waals surface area (Å²) < 4.78 is 1.85. The van der Waals surface area contributed by atoms with Crippen molar-refractivity contribution in [1.82, 2.24) is 14.8 Å². The first-order chi connectivity index (χ1) is 10.3. The van der Waals surface area contributed by atoms with Gasteiger partial charge in [0.05, 0.1) is 11.7 Å². The summed E-state index contributed by atoms with van der Waals surface area (Å²) in [4.78, 5) is 15.7. The number of aromatic nitrogens is 3. The molecule has 1 saturated carbocycles. The Labute approximate surface area is 123 Å². The Morgan fingerprint density at radius 3 is 2.57 bits per heavy atom. The fourth-order valence-electron chi connectivity index (χ4n) is 2.95. The lowest BCUT2D eigenvalue weighted by molar-refractivity contribution is 0.0697. The van der Waals surface area contributed by atoms with Crippen LogP contribution in [0.3, 0.4) is 0 Å². The van der Waals surface area contributed by atoms with Crippen LogP contribution in [0.4, 0.5) is 0 Å². The van der Waals surface area contributed by atoms with Crippen molar-refractivity contribution in [2.75, 3.05) is 0 Å². The molecule has 0 atom stereocenters. The van der Waals surface area contributed by atoms with Crippen LogP contribution in [0.15, 0.2) is 30.6 Å². The van der Waals surface area contributed by atoms with Crippen LogP contribution in [0.2, 0.25) is 0 Å². The second-order valence-electron chi connectivity index (χ2n) is 5.54. The molecule has 2 heterocycles. The van der Waals surface area contributed by atoms with Crippen molar-refractivity contribution < 1.29 is 9.90 Å². The fraction of sp³-hybridized carbons (Fsp3) is 0.438. The number of hydrogen-bond acceptors (Lipinski definition) is 3. The number of carboxylic acid groups (broad SMARTS) is 1. The number of pyridine rings is 1. The highest BCUT2D eigenvalue weighted by atomic mass is 16.4. The average molecular weight is 285 g/mol. The molecule has 0 aliphatic heterocycles. The highest BCUT2D eigenvalue weighted by molar-refractivity contribution is 5.94. The summed E-state index contributed by atoms with van der Waals surface area (Å²) in [5, 5.41) is 14.0. The van der Waals surface area contributed by atoms with Crippen molar-refractivity contribution in [3.8, 4) is 11.4 Å². The molecule has 5 heteroatoms. The number of nitrogens with zero attached hydrogens (tertiary/aromatic N) is 3. The highest BCUT2D eigenvalue weighted by Crippen LogP contribution is 2.29. The summed E-state index contributed by atoms with van der Waals surface area (Å²) in [5.41, 5.74) is 1.31. The smallest absolute Gasteiger partial charge is 0.339 e. The van der Waals surface area contributed by atoms with Gasteiger partial charge in [0.25, 0.3) is 0 Å². The zero-order valence-corrected chi connectivity index (χ0v) is 11.9. The van der Waals surface area contributed by atoms with Gasteiger partial charge in [0.2, 0.25) is 0 Å². The summed E-state index contributed by atoms with van der Waals surface area (Å²) in [6, 6.07) is 5.76. The minimum absolute atomic E-state index is 0.234. The minimum Gasteiger partial charge on any atom is -0.478 e. The van der Waals surface area contributed by atoms with Gasteiger partial charge in [-0.1, -0.05) is 31.7 Å². The zero-order valence-electron chi connectivity index (χ0n) is 11.9. The van der Waals surface area contributed by atoms with E-state index in [1.54, 1.807) is 18.5 Å². The Morgan fingerprint density at radius 1 is 1.19 bits per heavy atom. The molecule has 21 heavy (non-hydrogen) atoms. The Balaban J connectivity index is 1.98. The van der Waals surface area contributed by atoms with Gasteiger partial charge in [0.15, 0.2) is 0 Å². The van der Waals surface area contributed by atoms with Crippen molar-refractivity contribution >= 4 is 5.97 Å². The minimum atomic E-state index is -0.949. The highest BCUT2D eigenvalue weighted by Gasteiger charge is 2.22. The maximum absolute atomic E-state index is 11.5. The Hall–Kier alpha value is -2.17. The molecule has 3 rings (SSSR count). The first-order valence-electron chi connectivity index (χ1n) is 7.49. The van der Waals surface area contributed by atoms with Crippen LogP contribution in [0.25, 0.3) is 11.4 Å². The van der Waals surface area contributed by atoms with Gasteiger partial charge in [-0.3, -0.25) is 9.67 Å². The third-order valence-corrected chi connectivity index (χ3v) is 4.07. The van der Waals surface area contributed by atoms with Crippen LogP contribution in [0, 0.1) is 0 Å². The normalized spacial score (nSPS) is 16.6. The van der Waals surface area contributed by atoms with Crippen LogP contribution in [0.5, 0.6) is 0 Å². The van der Waals surface area contributed by atoms with Crippen molar-refractivity contribution in [1.29, 1.82) is 0 Å². The topological polar surface area (TPSA) is 68.0 Å². The second-order valence-corrected chi connectivity index (χ2v) is 5.54.